The second kappa shape index (κ2) is 6.87. The van der Waals surface area contributed by atoms with Gasteiger partial charge in [-0.3, -0.25) is 0 Å². The molecule has 0 saturated carbocycles. The van der Waals surface area contributed by atoms with E-state index < -0.39 is 10.0 Å². The molecule has 5 nitrogen and oxygen atoms in total. The predicted octanol–water partition coefficient (Wildman–Crippen LogP) is 3.68. The number of anilines is 1. The maximum atomic E-state index is 12.5. The van der Waals surface area contributed by atoms with E-state index in [0.717, 1.165) is 23.2 Å². The molecule has 0 bridgehead atoms. The highest BCUT2D eigenvalue weighted by molar-refractivity contribution is 7.89. The third-order valence-electron chi connectivity index (χ3n) is 5.31. The Morgan fingerprint density at radius 3 is 2.74 bits per heavy atom. The van der Waals surface area contributed by atoms with Crippen LogP contribution in [-0.4, -0.2) is 20.1 Å². The fraction of sp³-hybridized carbons (Fsp3) is 0.238. The van der Waals surface area contributed by atoms with Crippen LogP contribution in [-0.2, 0) is 10.0 Å². The maximum absolute atomic E-state index is 12.5. The summed E-state index contributed by atoms with van der Waals surface area (Å²) in [6.07, 6.45) is 6.78. The smallest absolute Gasteiger partial charge is 0.240 e. The molecule has 2 aromatic rings. The third kappa shape index (κ3) is 3.26. The molecule has 27 heavy (non-hydrogen) atoms. The molecule has 3 atom stereocenters. The number of rotatable bonds is 5. The van der Waals surface area contributed by atoms with Crippen LogP contribution in [0.2, 0.25) is 0 Å². The molecule has 140 valence electrons. The van der Waals surface area contributed by atoms with Crippen LogP contribution in [0.1, 0.15) is 29.5 Å². The Bertz CT molecular complexity index is 997. The van der Waals surface area contributed by atoms with Crippen molar-refractivity contribution >= 4 is 15.7 Å². The van der Waals surface area contributed by atoms with Gasteiger partial charge in [-0.1, -0.05) is 30.4 Å². The Kier molecular flexibility index (Phi) is 4.53. The van der Waals surface area contributed by atoms with Gasteiger partial charge >= 0.3 is 0 Å². The zero-order valence-corrected chi connectivity index (χ0v) is 15.6. The maximum Gasteiger partial charge on any atom is 0.240 e. The van der Waals surface area contributed by atoms with Crippen LogP contribution in [0.4, 0.5) is 5.69 Å². The van der Waals surface area contributed by atoms with Gasteiger partial charge in [0.15, 0.2) is 0 Å². The van der Waals surface area contributed by atoms with E-state index in [1.165, 1.54) is 6.08 Å². The number of fused-ring (bicyclic) bond motifs is 3. The van der Waals surface area contributed by atoms with Gasteiger partial charge in [-0.15, -0.1) is 6.58 Å². The Labute approximate surface area is 159 Å². The van der Waals surface area contributed by atoms with Crippen LogP contribution in [0.25, 0.3) is 0 Å². The molecule has 1 aliphatic carbocycles. The van der Waals surface area contributed by atoms with E-state index in [4.69, 9.17) is 0 Å². The minimum atomic E-state index is -3.56. The summed E-state index contributed by atoms with van der Waals surface area (Å²) in [5, 5.41) is 13.1. The van der Waals surface area contributed by atoms with Crippen molar-refractivity contribution < 1.29 is 13.5 Å². The number of aromatic hydroxyl groups is 1. The average molecular weight is 382 g/mol. The highest BCUT2D eigenvalue weighted by Crippen LogP contribution is 2.50. The molecule has 0 amide bonds. The number of phenols is 1. The van der Waals surface area contributed by atoms with Crippen molar-refractivity contribution in [1.82, 2.24) is 4.72 Å². The van der Waals surface area contributed by atoms with Crippen molar-refractivity contribution in [2.75, 3.05) is 11.9 Å². The molecular weight excluding hydrogens is 360 g/mol. The van der Waals surface area contributed by atoms with Gasteiger partial charge in [0.25, 0.3) is 0 Å². The van der Waals surface area contributed by atoms with Gasteiger partial charge in [-0.05, 0) is 53.8 Å². The Morgan fingerprint density at radius 1 is 1.22 bits per heavy atom. The van der Waals surface area contributed by atoms with Crippen LogP contribution in [0, 0.1) is 5.92 Å². The highest BCUT2D eigenvalue weighted by Gasteiger charge is 2.38. The first kappa shape index (κ1) is 17.8. The van der Waals surface area contributed by atoms with Crippen LogP contribution < -0.4 is 10.0 Å². The zero-order chi connectivity index (χ0) is 19.0. The van der Waals surface area contributed by atoms with Gasteiger partial charge in [0.2, 0.25) is 10.0 Å². The van der Waals surface area contributed by atoms with Gasteiger partial charge in [-0.25, -0.2) is 13.1 Å². The molecule has 1 aliphatic heterocycles. The third-order valence-corrected chi connectivity index (χ3v) is 6.74. The molecule has 2 aromatic carbocycles. The number of hydrogen-bond acceptors (Lipinski definition) is 4. The highest BCUT2D eigenvalue weighted by atomic mass is 32.2. The summed E-state index contributed by atoms with van der Waals surface area (Å²) in [6.45, 7) is 3.75. The number of nitrogens with one attached hydrogen (secondary N) is 2. The molecule has 0 spiro atoms. The molecular formula is C21H22N2O3S. The number of allylic oxidation sites excluding steroid dienone is 2. The van der Waals surface area contributed by atoms with Crippen molar-refractivity contribution in [3.63, 3.8) is 0 Å². The molecule has 1 heterocycles. The second-order valence-electron chi connectivity index (χ2n) is 6.96. The van der Waals surface area contributed by atoms with Gasteiger partial charge in [0.1, 0.15) is 5.75 Å². The second-order valence-corrected chi connectivity index (χ2v) is 8.72. The molecule has 6 heteroatoms. The minimum absolute atomic E-state index is 0.111. The largest absolute Gasteiger partial charge is 0.508 e. The molecule has 0 radical (unpaired) electrons. The first-order valence-electron chi connectivity index (χ1n) is 8.96. The summed E-state index contributed by atoms with van der Waals surface area (Å²) < 4.78 is 27.5. The van der Waals surface area contributed by atoms with Crippen LogP contribution in [0.15, 0.2) is 72.2 Å². The number of benzene rings is 2. The van der Waals surface area contributed by atoms with E-state index in [0.29, 0.717) is 5.92 Å². The van der Waals surface area contributed by atoms with Crippen molar-refractivity contribution in [1.29, 1.82) is 0 Å². The Hall–Kier alpha value is -2.57. The van der Waals surface area contributed by atoms with Gasteiger partial charge in [-0.2, -0.15) is 0 Å². The summed E-state index contributed by atoms with van der Waals surface area (Å²) in [4.78, 5) is 0.270. The standard InChI is InChI=1S/C21H22N2O3S/c1-2-12-22-27(25,26)16-10-11-20-19(13-16)17-4-3-5-18(17)21(23-20)14-6-8-15(24)9-7-14/h2-4,6-11,13,17-18,21-24H,1,5,12H2. The molecule has 0 saturated heterocycles. The molecule has 2 aliphatic rings. The minimum Gasteiger partial charge on any atom is -0.508 e. The number of phenolic OH excluding ortho intramolecular Hbond substituents is 1. The summed E-state index contributed by atoms with van der Waals surface area (Å²) >= 11 is 0. The number of sulfonamides is 1. The fourth-order valence-electron chi connectivity index (χ4n) is 4.00. The van der Waals surface area contributed by atoms with Crippen LogP contribution in [0.5, 0.6) is 5.75 Å². The lowest BCUT2D eigenvalue weighted by Crippen LogP contribution is -2.30. The van der Waals surface area contributed by atoms with E-state index in [2.05, 4.69) is 28.8 Å². The van der Waals surface area contributed by atoms with E-state index >= 15 is 0 Å². The quantitative estimate of drug-likeness (QED) is 0.689. The van der Waals surface area contributed by atoms with Gasteiger partial charge in [0.05, 0.1) is 10.9 Å². The summed E-state index contributed by atoms with van der Waals surface area (Å²) in [6, 6.07) is 12.6. The number of hydrogen-bond donors (Lipinski definition) is 3. The van der Waals surface area contributed by atoms with Crippen molar-refractivity contribution in [3.05, 3.63) is 78.4 Å². The topological polar surface area (TPSA) is 78.4 Å². The zero-order valence-electron chi connectivity index (χ0n) is 14.8. The molecule has 0 aromatic heterocycles. The SMILES string of the molecule is C=CCNS(=O)(=O)c1ccc2c(c1)C1C=CCC1C(c1ccc(O)cc1)N2. The average Bonchev–Trinajstić information content (AvgIpc) is 3.16. The van der Waals surface area contributed by atoms with Crippen LogP contribution >= 0.6 is 0 Å². The summed E-state index contributed by atoms with van der Waals surface area (Å²) in [7, 11) is -3.56. The van der Waals surface area contributed by atoms with Crippen LogP contribution in [0.3, 0.4) is 0 Å². The lowest BCUT2D eigenvalue weighted by Gasteiger charge is -2.37. The molecule has 4 rings (SSSR count). The lowest BCUT2D eigenvalue weighted by molar-refractivity contribution is 0.424. The van der Waals surface area contributed by atoms with Gasteiger partial charge < -0.3 is 10.4 Å². The first-order valence-corrected chi connectivity index (χ1v) is 10.4. The van der Waals surface area contributed by atoms with E-state index in [9.17, 15) is 13.5 Å². The molecule has 3 unspecified atom stereocenters. The fourth-order valence-corrected chi connectivity index (χ4v) is 5.04. The summed E-state index contributed by atoms with van der Waals surface area (Å²) in [5.74, 6) is 0.716. The van der Waals surface area contributed by atoms with E-state index in [1.54, 1.807) is 24.3 Å². The van der Waals surface area contributed by atoms with E-state index in [-0.39, 0.29) is 29.1 Å². The van der Waals surface area contributed by atoms with E-state index in [1.807, 2.05) is 18.2 Å². The Balaban J connectivity index is 1.71. The predicted molar refractivity (Wildman–Crippen MR) is 106 cm³/mol. The Morgan fingerprint density at radius 2 is 2.00 bits per heavy atom. The van der Waals surface area contributed by atoms with Gasteiger partial charge in [0, 0.05) is 18.2 Å². The molecule has 3 N–H and O–H groups in total. The lowest BCUT2D eigenvalue weighted by atomic mass is 9.77. The van der Waals surface area contributed by atoms with Crippen molar-refractivity contribution in [3.8, 4) is 5.75 Å². The van der Waals surface area contributed by atoms with Crippen molar-refractivity contribution in [2.45, 2.75) is 23.3 Å². The normalized spacial score (nSPS) is 23.3. The molecule has 0 fully saturated rings. The monoisotopic (exact) mass is 382 g/mol. The summed E-state index contributed by atoms with van der Waals surface area (Å²) in [5.41, 5.74) is 3.07. The first-order chi connectivity index (χ1) is 13.0. The van der Waals surface area contributed by atoms with Crippen molar-refractivity contribution in [2.24, 2.45) is 5.92 Å².